The number of rotatable bonds is 8. The Labute approximate surface area is 200 Å². The Bertz CT molecular complexity index is 942. The van der Waals surface area contributed by atoms with E-state index >= 15 is 0 Å². The number of hydrogen-bond donors (Lipinski definition) is 1. The van der Waals surface area contributed by atoms with E-state index in [0.29, 0.717) is 0 Å². The van der Waals surface area contributed by atoms with Crippen molar-refractivity contribution in [2.24, 2.45) is 0 Å². The van der Waals surface area contributed by atoms with Gasteiger partial charge in [0.2, 0.25) is 0 Å². The predicted molar refractivity (Wildman–Crippen MR) is 146 cm³/mol. The van der Waals surface area contributed by atoms with Crippen LogP contribution in [-0.4, -0.2) is 6.26 Å². The lowest BCUT2D eigenvalue weighted by Crippen LogP contribution is -2.02. The van der Waals surface area contributed by atoms with Crippen LogP contribution < -0.4 is 0 Å². The lowest BCUT2D eigenvalue weighted by Gasteiger charge is -2.23. The molecule has 2 aliphatic rings. The summed E-state index contributed by atoms with van der Waals surface area (Å²) in [6.07, 6.45) is 16.9. The van der Waals surface area contributed by atoms with E-state index in [0.717, 1.165) is 37.0 Å². The summed E-state index contributed by atoms with van der Waals surface area (Å²) < 4.78 is 0. The summed E-state index contributed by atoms with van der Waals surface area (Å²) in [6.45, 7) is 4.39. The summed E-state index contributed by atoms with van der Waals surface area (Å²) in [7, 11) is 0. The Morgan fingerprint density at radius 3 is 2.80 bits per heavy atom. The van der Waals surface area contributed by atoms with Crippen LogP contribution in [0.2, 0.25) is 0 Å². The minimum absolute atomic E-state index is 1.02. The first-order valence-electron chi connectivity index (χ1n) is 10.5. The maximum absolute atomic E-state index is 4.87. The molecule has 0 nitrogen and oxygen atoms in total. The van der Waals surface area contributed by atoms with Gasteiger partial charge in [-0.2, -0.15) is 0 Å². The molecule has 1 aromatic rings. The third kappa shape index (κ3) is 6.06. The summed E-state index contributed by atoms with van der Waals surface area (Å²) in [5.41, 5.74) is 5.56. The highest BCUT2D eigenvalue weighted by atomic mass is 32.2. The lowest BCUT2D eigenvalue weighted by molar-refractivity contribution is 0.919. The molecule has 0 radical (unpaired) electrons. The molecule has 0 N–H and O–H groups in total. The van der Waals surface area contributed by atoms with Crippen molar-refractivity contribution in [2.45, 2.75) is 46.0 Å². The van der Waals surface area contributed by atoms with Crippen LogP contribution in [0.1, 0.15) is 50.7 Å². The van der Waals surface area contributed by atoms with E-state index in [1.54, 1.807) is 11.8 Å². The van der Waals surface area contributed by atoms with E-state index in [4.69, 9.17) is 12.6 Å². The van der Waals surface area contributed by atoms with Gasteiger partial charge in [-0.05, 0) is 76.9 Å². The Morgan fingerprint density at radius 1 is 1.17 bits per heavy atom. The van der Waals surface area contributed by atoms with Crippen molar-refractivity contribution in [3.63, 3.8) is 0 Å². The SMILES string of the molecule is CCCc1ccccc1/C(S)=C(\C)S/C=C/SC1=C(SC)CCC2=CC=CCC=C21. The van der Waals surface area contributed by atoms with Crippen molar-refractivity contribution in [1.29, 1.82) is 0 Å². The average Bonchev–Trinajstić information content (AvgIpc) is 3.02. The van der Waals surface area contributed by atoms with Gasteiger partial charge in [-0.1, -0.05) is 73.7 Å². The van der Waals surface area contributed by atoms with Crippen LogP contribution in [0.5, 0.6) is 0 Å². The molecule has 0 aliphatic heterocycles. The van der Waals surface area contributed by atoms with E-state index < -0.39 is 0 Å². The van der Waals surface area contributed by atoms with Gasteiger partial charge in [0.1, 0.15) is 0 Å². The second kappa shape index (κ2) is 12.2. The van der Waals surface area contributed by atoms with Crippen LogP contribution in [0.25, 0.3) is 4.91 Å². The monoisotopic (exact) mass is 470 g/mol. The van der Waals surface area contributed by atoms with Gasteiger partial charge >= 0.3 is 0 Å². The fourth-order valence-electron chi connectivity index (χ4n) is 3.67. The smallest absolute Gasteiger partial charge is 0.0283 e. The molecule has 0 amide bonds. The predicted octanol–water partition coefficient (Wildman–Crippen LogP) is 9.38. The molecule has 0 fully saturated rings. The third-order valence-electron chi connectivity index (χ3n) is 5.21. The second-order valence-corrected chi connectivity index (χ2v) is 10.6. The number of thioether (sulfide) groups is 3. The van der Waals surface area contributed by atoms with E-state index in [9.17, 15) is 0 Å². The summed E-state index contributed by atoms with van der Waals surface area (Å²) in [5.74, 6) is 0. The zero-order valence-electron chi connectivity index (χ0n) is 18.0. The quantitative estimate of drug-likeness (QED) is 0.376. The number of benzene rings is 1. The van der Waals surface area contributed by atoms with Gasteiger partial charge in [-0.15, -0.1) is 36.2 Å². The maximum atomic E-state index is 4.87. The molecule has 0 atom stereocenters. The maximum Gasteiger partial charge on any atom is 0.0283 e. The van der Waals surface area contributed by atoms with Crippen molar-refractivity contribution < 1.29 is 0 Å². The van der Waals surface area contributed by atoms with Crippen molar-refractivity contribution in [3.05, 3.63) is 96.4 Å². The summed E-state index contributed by atoms with van der Waals surface area (Å²) in [4.78, 5) is 5.26. The van der Waals surface area contributed by atoms with Crippen LogP contribution in [0.15, 0.2) is 85.2 Å². The number of allylic oxidation sites excluding steroid dienone is 8. The van der Waals surface area contributed by atoms with Gasteiger partial charge in [0, 0.05) is 14.7 Å². The molecule has 0 saturated carbocycles. The molecular weight excluding hydrogens is 441 g/mol. The Morgan fingerprint density at radius 2 is 2.00 bits per heavy atom. The first kappa shape index (κ1) is 23.7. The van der Waals surface area contributed by atoms with Crippen molar-refractivity contribution in [1.82, 2.24) is 0 Å². The highest BCUT2D eigenvalue weighted by Crippen LogP contribution is 2.45. The number of thiol groups is 1. The number of hydrogen-bond acceptors (Lipinski definition) is 4. The summed E-state index contributed by atoms with van der Waals surface area (Å²) in [6, 6.07) is 8.64. The molecular formula is C26H30S4. The van der Waals surface area contributed by atoms with Gasteiger partial charge in [0.15, 0.2) is 0 Å². The van der Waals surface area contributed by atoms with Crippen molar-refractivity contribution >= 4 is 52.8 Å². The van der Waals surface area contributed by atoms with E-state index in [1.807, 2.05) is 23.5 Å². The molecule has 4 heteroatoms. The lowest BCUT2D eigenvalue weighted by atomic mass is 9.94. The number of aryl methyl sites for hydroxylation is 1. The highest BCUT2D eigenvalue weighted by molar-refractivity contribution is 8.10. The second-order valence-electron chi connectivity index (χ2n) is 7.25. The van der Waals surface area contributed by atoms with Gasteiger partial charge in [-0.25, -0.2) is 0 Å². The molecule has 158 valence electrons. The fraction of sp³-hybridized carbons (Fsp3) is 0.308. The third-order valence-corrected chi connectivity index (χ3v) is 8.95. The molecule has 1 aromatic carbocycles. The Hall–Kier alpha value is -0.940. The molecule has 0 bridgehead atoms. The molecule has 0 aromatic heterocycles. The van der Waals surface area contributed by atoms with Crippen molar-refractivity contribution in [2.75, 3.05) is 6.26 Å². The molecule has 0 heterocycles. The highest BCUT2D eigenvalue weighted by Gasteiger charge is 2.21. The molecule has 0 spiro atoms. The summed E-state index contributed by atoms with van der Waals surface area (Å²) in [5, 5.41) is 4.44. The molecule has 0 unspecified atom stereocenters. The van der Waals surface area contributed by atoms with Crippen LogP contribution in [0, 0.1) is 0 Å². The largest absolute Gasteiger partial charge is 0.142 e. The molecule has 30 heavy (non-hydrogen) atoms. The summed E-state index contributed by atoms with van der Waals surface area (Å²) >= 11 is 10.4. The number of fused-ring (bicyclic) bond motifs is 1. The molecule has 2 aliphatic carbocycles. The van der Waals surface area contributed by atoms with Crippen LogP contribution in [0.4, 0.5) is 0 Å². The van der Waals surface area contributed by atoms with Crippen LogP contribution >= 0.6 is 47.9 Å². The first-order valence-corrected chi connectivity index (χ1v) is 13.9. The fourth-order valence-corrected chi connectivity index (χ4v) is 6.63. The van der Waals surface area contributed by atoms with Crippen LogP contribution in [0.3, 0.4) is 0 Å². The average molecular weight is 471 g/mol. The zero-order valence-corrected chi connectivity index (χ0v) is 21.3. The van der Waals surface area contributed by atoms with Gasteiger partial charge < -0.3 is 0 Å². The molecule has 0 saturated heterocycles. The minimum Gasteiger partial charge on any atom is -0.142 e. The first-order chi connectivity index (χ1) is 14.7. The Balaban J connectivity index is 1.73. The van der Waals surface area contributed by atoms with Gasteiger partial charge in [0.05, 0.1) is 0 Å². The normalized spacial score (nSPS) is 17.5. The zero-order chi connectivity index (χ0) is 21.3. The van der Waals surface area contributed by atoms with Crippen molar-refractivity contribution in [3.8, 4) is 0 Å². The van der Waals surface area contributed by atoms with Gasteiger partial charge in [-0.3, -0.25) is 0 Å². The van der Waals surface area contributed by atoms with E-state index in [2.05, 4.69) is 79.5 Å². The van der Waals surface area contributed by atoms with E-state index in [-0.39, 0.29) is 0 Å². The Kier molecular flexibility index (Phi) is 9.64. The topological polar surface area (TPSA) is 0 Å². The van der Waals surface area contributed by atoms with E-state index in [1.165, 1.54) is 37.0 Å². The molecule has 3 rings (SSSR count). The van der Waals surface area contributed by atoms with Gasteiger partial charge in [0.25, 0.3) is 0 Å². The minimum atomic E-state index is 1.02. The standard InChI is InChI=1S/C26H30S4/c1-4-10-20-12-8-9-13-22(20)25(27)19(2)29-17-18-30-26-23-14-7-5-6-11-21(23)15-16-24(26)28-3/h5-6,8-9,11-14,17-18,27H,4,7,10,15-16H2,1-3H3/b18-17+,25-19-. The van der Waals surface area contributed by atoms with Crippen LogP contribution in [-0.2, 0) is 6.42 Å².